The van der Waals surface area contributed by atoms with Crippen molar-refractivity contribution in [2.24, 2.45) is 5.92 Å². The average Bonchev–Trinajstić information content (AvgIpc) is 2.71. The Morgan fingerprint density at radius 1 is 1.40 bits per heavy atom. The van der Waals surface area contributed by atoms with Crippen LogP contribution in [0.4, 0.5) is 0 Å². The zero-order chi connectivity index (χ0) is 10.7. The highest BCUT2D eigenvalue weighted by Crippen LogP contribution is 2.24. The third-order valence-corrected chi connectivity index (χ3v) is 3.67. The number of rotatable bonds is 2. The molecule has 1 aliphatic carbocycles. The normalized spacial score (nSPS) is 30.9. The summed E-state index contributed by atoms with van der Waals surface area (Å²) in [6.07, 6.45) is 11.2. The molecule has 15 heavy (non-hydrogen) atoms. The molecule has 0 spiro atoms. The van der Waals surface area contributed by atoms with Gasteiger partial charge in [0.05, 0.1) is 0 Å². The molecule has 2 aliphatic rings. The summed E-state index contributed by atoms with van der Waals surface area (Å²) in [6.45, 7) is 3.16. The first-order chi connectivity index (χ1) is 7.27. The quantitative estimate of drug-likeness (QED) is 0.638. The van der Waals surface area contributed by atoms with Gasteiger partial charge in [0.15, 0.2) is 0 Å². The van der Waals surface area contributed by atoms with E-state index in [0.29, 0.717) is 17.9 Å². The maximum atomic E-state index is 12.1. The van der Waals surface area contributed by atoms with Crippen molar-refractivity contribution in [3.05, 3.63) is 12.2 Å². The third kappa shape index (κ3) is 2.61. The molecule has 0 radical (unpaired) electrons. The molecule has 84 valence electrons. The average molecular weight is 207 g/mol. The second kappa shape index (κ2) is 4.82. The number of hydrogen-bond acceptors (Lipinski definition) is 1. The van der Waals surface area contributed by atoms with Crippen LogP contribution in [-0.4, -0.2) is 23.4 Å². The van der Waals surface area contributed by atoms with Crippen molar-refractivity contribution in [1.82, 2.24) is 4.90 Å². The maximum absolute atomic E-state index is 12.1. The van der Waals surface area contributed by atoms with E-state index >= 15 is 0 Å². The Labute approximate surface area is 92.3 Å². The standard InChI is InChI=1S/C13H21NO/c1-11-6-4-5-9-14(11)13(15)10-12-7-2-3-8-12/h2,7,11-12H,3-6,8-10H2,1H3. The van der Waals surface area contributed by atoms with E-state index in [1.807, 2.05) is 0 Å². The summed E-state index contributed by atoms with van der Waals surface area (Å²) in [6, 6.07) is 0.469. The van der Waals surface area contributed by atoms with Crippen molar-refractivity contribution in [3.63, 3.8) is 0 Å². The molecule has 1 amide bonds. The first-order valence-corrected chi connectivity index (χ1v) is 6.23. The Morgan fingerprint density at radius 3 is 2.93 bits per heavy atom. The predicted octanol–water partition coefficient (Wildman–Crippen LogP) is 2.74. The topological polar surface area (TPSA) is 20.3 Å². The predicted molar refractivity (Wildman–Crippen MR) is 61.5 cm³/mol. The molecule has 0 aromatic heterocycles. The van der Waals surface area contributed by atoms with E-state index in [0.717, 1.165) is 19.4 Å². The summed E-state index contributed by atoms with van der Waals surface area (Å²) in [4.78, 5) is 14.1. The van der Waals surface area contributed by atoms with Gasteiger partial charge in [-0.1, -0.05) is 12.2 Å². The highest BCUT2D eigenvalue weighted by Gasteiger charge is 2.25. The summed E-state index contributed by atoms with van der Waals surface area (Å²) >= 11 is 0. The second-order valence-electron chi connectivity index (χ2n) is 4.90. The first kappa shape index (κ1) is 10.7. The van der Waals surface area contributed by atoms with Gasteiger partial charge in [-0.2, -0.15) is 0 Å². The summed E-state index contributed by atoms with van der Waals surface area (Å²) in [5.74, 6) is 0.894. The van der Waals surface area contributed by atoms with Crippen molar-refractivity contribution >= 4 is 5.91 Å². The van der Waals surface area contributed by atoms with Crippen LogP contribution in [0.5, 0.6) is 0 Å². The SMILES string of the molecule is CC1CCCCN1C(=O)CC1C=CCC1. The molecule has 2 unspecified atom stereocenters. The summed E-state index contributed by atoms with van der Waals surface area (Å²) in [5, 5.41) is 0. The summed E-state index contributed by atoms with van der Waals surface area (Å²) < 4.78 is 0. The fourth-order valence-corrected chi connectivity index (χ4v) is 2.68. The van der Waals surface area contributed by atoms with Crippen molar-refractivity contribution in [2.75, 3.05) is 6.54 Å². The molecule has 0 aromatic rings. The number of hydrogen-bond donors (Lipinski definition) is 0. The van der Waals surface area contributed by atoms with Gasteiger partial charge in [0, 0.05) is 19.0 Å². The van der Waals surface area contributed by atoms with Crippen LogP contribution in [0.1, 0.15) is 45.4 Å². The maximum Gasteiger partial charge on any atom is 0.223 e. The lowest BCUT2D eigenvalue weighted by molar-refractivity contribution is -0.135. The van der Waals surface area contributed by atoms with E-state index in [9.17, 15) is 4.79 Å². The van der Waals surface area contributed by atoms with Gasteiger partial charge in [-0.05, 0) is 44.9 Å². The van der Waals surface area contributed by atoms with Crippen molar-refractivity contribution in [2.45, 2.75) is 51.5 Å². The Kier molecular flexibility index (Phi) is 3.45. The lowest BCUT2D eigenvalue weighted by atomic mass is 10.00. The molecule has 2 atom stereocenters. The van der Waals surface area contributed by atoms with E-state index < -0.39 is 0 Å². The number of nitrogens with zero attached hydrogens (tertiary/aromatic N) is 1. The fraction of sp³-hybridized carbons (Fsp3) is 0.769. The molecule has 0 saturated carbocycles. The second-order valence-corrected chi connectivity index (χ2v) is 4.90. The number of carbonyl (C=O) groups is 1. The zero-order valence-corrected chi connectivity index (χ0v) is 9.61. The molecule has 1 saturated heterocycles. The fourth-order valence-electron chi connectivity index (χ4n) is 2.68. The minimum absolute atomic E-state index is 0.374. The minimum atomic E-state index is 0.374. The van der Waals surface area contributed by atoms with Gasteiger partial charge in [0.2, 0.25) is 5.91 Å². The molecule has 2 nitrogen and oxygen atoms in total. The Morgan fingerprint density at radius 2 is 2.27 bits per heavy atom. The molecule has 1 aliphatic heterocycles. The smallest absolute Gasteiger partial charge is 0.223 e. The highest BCUT2D eigenvalue weighted by atomic mass is 16.2. The van der Waals surface area contributed by atoms with Crippen LogP contribution < -0.4 is 0 Å². The molecule has 1 fully saturated rings. The van der Waals surface area contributed by atoms with Crippen molar-refractivity contribution < 1.29 is 4.79 Å². The molecular weight excluding hydrogens is 186 g/mol. The van der Waals surface area contributed by atoms with Crippen LogP contribution in [0.2, 0.25) is 0 Å². The largest absolute Gasteiger partial charge is 0.340 e. The van der Waals surface area contributed by atoms with Gasteiger partial charge in [0.25, 0.3) is 0 Å². The molecule has 1 heterocycles. The lowest BCUT2D eigenvalue weighted by Gasteiger charge is -2.34. The van der Waals surface area contributed by atoms with E-state index in [1.54, 1.807) is 0 Å². The Balaban J connectivity index is 1.85. The summed E-state index contributed by atoms with van der Waals surface area (Å²) in [5.41, 5.74) is 0. The number of carbonyl (C=O) groups excluding carboxylic acids is 1. The van der Waals surface area contributed by atoms with Gasteiger partial charge >= 0.3 is 0 Å². The van der Waals surface area contributed by atoms with Crippen LogP contribution >= 0.6 is 0 Å². The van der Waals surface area contributed by atoms with E-state index in [1.165, 1.54) is 25.7 Å². The molecule has 0 N–H and O–H groups in total. The lowest BCUT2D eigenvalue weighted by Crippen LogP contribution is -2.42. The van der Waals surface area contributed by atoms with Gasteiger partial charge < -0.3 is 4.90 Å². The number of piperidine rings is 1. The van der Waals surface area contributed by atoms with E-state index in [-0.39, 0.29) is 0 Å². The van der Waals surface area contributed by atoms with Crippen LogP contribution in [0.25, 0.3) is 0 Å². The van der Waals surface area contributed by atoms with Crippen LogP contribution in [0, 0.1) is 5.92 Å². The summed E-state index contributed by atoms with van der Waals surface area (Å²) in [7, 11) is 0. The molecular formula is C13H21NO. The Bertz CT molecular complexity index is 259. The zero-order valence-electron chi connectivity index (χ0n) is 9.61. The molecule has 0 bridgehead atoms. The van der Waals surface area contributed by atoms with Crippen molar-refractivity contribution in [3.8, 4) is 0 Å². The number of amides is 1. The van der Waals surface area contributed by atoms with Crippen LogP contribution in [0.15, 0.2) is 12.2 Å². The van der Waals surface area contributed by atoms with Gasteiger partial charge in [-0.3, -0.25) is 4.79 Å². The molecule has 2 rings (SSSR count). The highest BCUT2D eigenvalue weighted by molar-refractivity contribution is 5.77. The van der Waals surface area contributed by atoms with E-state index in [2.05, 4.69) is 24.0 Å². The van der Waals surface area contributed by atoms with Gasteiger partial charge in [0.1, 0.15) is 0 Å². The van der Waals surface area contributed by atoms with Crippen LogP contribution in [0.3, 0.4) is 0 Å². The number of allylic oxidation sites excluding steroid dienone is 2. The van der Waals surface area contributed by atoms with Crippen LogP contribution in [-0.2, 0) is 4.79 Å². The third-order valence-electron chi connectivity index (χ3n) is 3.67. The first-order valence-electron chi connectivity index (χ1n) is 6.23. The van der Waals surface area contributed by atoms with E-state index in [4.69, 9.17) is 0 Å². The number of likely N-dealkylation sites (tertiary alicyclic amines) is 1. The monoisotopic (exact) mass is 207 g/mol. The molecule has 2 heteroatoms. The minimum Gasteiger partial charge on any atom is -0.340 e. The molecule has 0 aromatic carbocycles. The van der Waals surface area contributed by atoms with Gasteiger partial charge in [-0.25, -0.2) is 0 Å². The van der Waals surface area contributed by atoms with Gasteiger partial charge in [-0.15, -0.1) is 0 Å². The van der Waals surface area contributed by atoms with Crippen molar-refractivity contribution in [1.29, 1.82) is 0 Å². The Hall–Kier alpha value is -0.790.